The molecule has 120 valence electrons. The van der Waals surface area contributed by atoms with Gasteiger partial charge in [-0.3, -0.25) is 0 Å². The number of thiophene rings is 1. The van der Waals surface area contributed by atoms with Gasteiger partial charge in [0.25, 0.3) is 0 Å². The Balaban J connectivity index is 1.93. The van der Waals surface area contributed by atoms with E-state index < -0.39 is 0 Å². The number of hydrogen-bond donors (Lipinski definition) is 1. The summed E-state index contributed by atoms with van der Waals surface area (Å²) in [4.78, 5) is 13.3. The number of aromatic nitrogens is 3. The Morgan fingerprint density at radius 2 is 2.04 bits per heavy atom. The summed E-state index contributed by atoms with van der Waals surface area (Å²) in [7, 11) is 0. The normalized spacial score (nSPS) is 12.7. The number of rotatable bonds is 4. The van der Waals surface area contributed by atoms with E-state index in [9.17, 15) is 0 Å². The molecule has 8 heteroatoms. The van der Waals surface area contributed by atoms with Crippen molar-refractivity contribution in [1.82, 2.24) is 15.0 Å². The van der Waals surface area contributed by atoms with Crippen LogP contribution >= 0.6 is 46.5 Å². The molecule has 0 saturated heterocycles. The lowest BCUT2D eigenvalue weighted by atomic mass is 10.2. The van der Waals surface area contributed by atoms with Crippen LogP contribution in [0.3, 0.4) is 0 Å². The average molecular weight is 383 g/mol. The second kappa shape index (κ2) is 6.84. The fraction of sp³-hybridized carbons (Fsp3) is 0.267. The van der Waals surface area contributed by atoms with E-state index in [1.54, 1.807) is 29.2 Å². The minimum atomic E-state index is 0.0766. The zero-order valence-corrected chi connectivity index (χ0v) is 16.0. The highest BCUT2D eigenvalue weighted by Gasteiger charge is 2.16. The van der Waals surface area contributed by atoms with Crippen LogP contribution in [0.5, 0.6) is 0 Å². The zero-order valence-electron chi connectivity index (χ0n) is 12.8. The van der Waals surface area contributed by atoms with E-state index in [4.69, 9.17) is 17.3 Å². The van der Waals surface area contributed by atoms with Crippen molar-refractivity contribution in [3.8, 4) is 0 Å². The first-order chi connectivity index (χ1) is 11.0. The van der Waals surface area contributed by atoms with Crippen molar-refractivity contribution < 1.29 is 0 Å². The van der Waals surface area contributed by atoms with E-state index in [1.807, 2.05) is 6.26 Å². The molecule has 4 nitrogen and oxygen atoms in total. The monoisotopic (exact) mass is 382 g/mol. The minimum absolute atomic E-state index is 0.0766. The van der Waals surface area contributed by atoms with Gasteiger partial charge in [-0.25, -0.2) is 15.0 Å². The molecule has 1 atom stereocenters. The fourth-order valence-corrected chi connectivity index (χ4v) is 4.73. The van der Waals surface area contributed by atoms with Gasteiger partial charge in [0.15, 0.2) is 5.16 Å². The van der Waals surface area contributed by atoms with Crippen molar-refractivity contribution in [1.29, 1.82) is 0 Å². The lowest BCUT2D eigenvalue weighted by molar-refractivity contribution is 0.889. The van der Waals surface area contributed by atoms with E-state index in [1.165, 1.54) is 17.3 Å². The molecule has 0 aliphatic rings. The number of nitrogens with two attached hydrogens (primary N) is 1. The highest BCUT2D eigenvalue weighted by Crippen LogP contribution is 2.37. The third-order valence-corrected chi connectivity index (χ3v) is 6.46. The molecule has 0 spiro atoms. The van der Waals surface area contributed by atoms with Gasteiger partial charge in [0.05, 0.1) is 15.6 Å². The fourth-order valence-electron chi connectivity index (χ4n) is 2.14. The van der Waals surface area contributed by atoms with Crippen LogP contribution in [0, 0.1) is 6.92 Å². The minimum Gasteiger partial charge on any atom is -0.384 e. The summed E-state index contributed by atoms with van der Waals surface area (Å²) < 4.78 is 1.04. The molecule has 3 rings (SSSR count). The third-order valence-electron chi connectivity index (χ3n) is 3.34. The number of aryl methyl sites for hydroxylation is 1. The SMILES string of the molecule is CSc1cc(N)nc(SC(C)c2cc3c(C)csc3c(Cl)n2)n1. The smallest absolute Gasteiger partial charge is 0.191 e. The molecule has 0 bridgehead atoms. The van der Waals surface area contributed by atoms with Crippen LogP contribution < -0.4 is 5.73 Å². The van der Waals surface area contributed by atoms with Crippen molar-refractivity contribution in [2.45, 2.75) is 29.3 Å². The quantitative estimate of drug-likeness (QED) is 0.289. The maximum absolute atomic E-state index is 6.33. The predicted octanol–water partition coefficient (Wildman–Crippen LogP) is 5.21. The number of pyridine rings is 1. The summed E-state index contributed by atoms with van der Waals surface area (Å²) in [6.45, 7) is 4.16. The summed E-state index contributed by atoms with van der Waals surface area (Å²) >= 11 is 11.0. The molecule has 3 heterocycles. The lowest BCUT2D eigenvalue weighted by Gasteiger charge is -2.11. The Kier molecular flexibility index (Phi) is 5.01. The molecule has 0 amide bonds. The van der Waals surface area contributed by atoms with Gasteiger partial charge >= 0.3 is 0 Å². The van der Waals surface area contributed by atoms with Gasteiger partial charge in [-0.15, -0.1) is 23.1 Å². The molecule has 0 fully saturated rings. The number of halogens is 1. The number of hydrogen-bond acceptors (Lipinski definition) is 7. The average Bonchev–Trinajstić information content (AvgIpc) is 2.88. The molecule has 2 N–H and O–H groups in total. The van der Waals surface area contributed by atoms with Crippen LogP contribution in [0.2, 0.25) is 5.15 Å². The molecule has 23 heavy (non-hydrogen) atoms. The Hall–Kier alpha value is -1.02. The van der Waals surface area contributed by atoms with Crippen molar-refractivity contribution in [2.75, 3.05) is 12.0 Å². The summed E-state index contributed by atoms with van der Waals surface area (Å²) in [5, 5.41) is 5.42. The van der Waals surface area contributed by atoms with Crippen LogP contribution in [0.25, 0.3) is 10.1 Å². The molecule has 0 aliphatic heterocycles. The van der Waals surface area contributed by atoms with E-state index in [0.29, 0.717) is 16.1 Å². The third kappa shape index (κ3) is 3.57. The van der Waals surface area contributed by atoms with Gasteiger partial charge in [-0.1, -0.05) is 23.4 Å². The van der Waals surface area contributed by atoms with Crippen LogP contribution in [0.4, 0.5) is 5.82 Å². The number of anilines is 1. The Bertz CT molecular complexity index is 865. The first-order valence-corrected chi connectivity index (χ1v) is 10.2. The van der Waals surface area contributed by atoms with Gasteiger partial charge in [-0.2, -0.15) is 0 Å². The zero-order chi connectivity index (χ0) is 16.6. The maximum Gasteiger partial charge on any atom is 0.191 e. The van der Waals surface area contributed by atoms with Gasteiger partial charge in [0.2, 0.25) is 0 Å². The van der Waals surface area contributed by atoms with Crippen molar-refractivity contribution >= 4 is 62.4 Å². The Labute approximate surface area is 152 Å². The maximum atomic E-state index is 6.33. The highest BCUT2D eigenvalue weighted by atomic mass is 35.5. The molecular weight excluding hydrogens is 368 g/mol. The number of thioether (sulfide) groups is 2. The number of nitrogens with zero attached hydrogens (tertiary/aromatic N) is 3. The summed E-state index contributed by atoms with van der Waals surface area (Å²) in [5.41, 5.74) is 7.98. The van der Waals surface area contributed by atoms with E-state index in [0.717, 1.165) is 20.8 Å². The van der Waals surface area contributed by atoms with Crippen molar-refractivity contribution in [3.05, 3.63) is 33.9 Å². The summed E-state index contributed by atoms with van der Waals surface area (Å²) in [5.74, 6) is 0.481. The molecule has 3 aromatic rings. The topological polar surface area (TPSA) is 64.7 Å². The molecular formula is C15H15ClN4S3. The molecule has 0 saturated carbocycles. The van der Waals surface area contributed by atoms with Crippen LogP contribution in [0.15, 0.2) is 27.7 Å². The van der Waals surface area contributed by atoms with E-state index >= 15 is 0 Å². The van der Waals surface area contributed by atoms with Crippen LogP contribution in [0.1, 0.15) is 23.4 Å². The second-order valence-corrected chi connectivity index (χ2v) is 8.38. The lowest BCUT2D eigenvalue weighted by Crippen LogP contribution is -1.99. The second-order valence-electron chi connectivity index (χ2n) is 5.01. The molecule has 0 radical (unpaired) electrons. The Morgan fingerprint density at radius 1 is 1.26 bits per heavy atom. The van der Waals surface area contributed by atoms with Crippen LogP contribution in [-0.2, 0) is 0 Å². The standard InChI is InChI=1S/C15H15ClN4S3/c1-7-6-22-13-9(7)4-10(18-14(13)16)8(2)23-15-19-11(17)5-12(20-15)21-3/h4-6,8H,1-3H3,(H2,17,19,20). The first kappa shape index (κ1) is 16.8. The van der Waals surface area contributed by atoms with Gasteiger partial charge in [0, 0.05) is 11.5 Å². The first-order valence-electron chi connectivity index (χ1n) is 6.87. The van der Waals surface area contributed by atoms with Crippen LogP contribution in [-0.4, -0.2) is 21.2 Å². The van der Waals surface area contributed by atoms with Gasteiger partial charge in [-0.05, 0) is 37.1 Å². The van der Waals surface area contributed by atoms with Gasteiger partial charge in [0.1, 0.15) is 16.0 Å². The summed E-state index contributed by atoms with van der Waals surface area (Å²) in [6, 6.07) is 3.88. The molecule has 0 aliphatic carbocycles. The largest absolute Gasteiger partial charge is 0.384 e. The molecule has 1 unspecified atom stereocenters. The van der Waals surface area contributed by atoms with Gasteiger partial charge < -0.3 is 5.73 Å². The number of nitrogen functional groups attached to an aromatic ring is 1. The van der Waals surface area contributed by atoms with E-state index in [-0.39, 0.29) is 5.25 Å². The summed E-state index contributed by atoms with van der Waals surface area (Å²) in [6.07, 6.45) is 1.97. The van der Waals surface area contributed by atoms with Crippen molar-refractivity contribution in [3.63, 3.8) is 0 Å². The molecule has 0 aromatic carbocycles. The predicted molar refractivity (Wildman–Crippen MR) is 102 cm³/mol. The number of fused-ring (bicyclic) bond motifs is 1. The highest BCUT2D eigenvalue weighted by molar-refractivity contribution is 7.99. The Morgan fingerprint density at radius 3 is 2.78 bits per heavy atom. The van der Waals surface area contributed by atoms with E-state index in [2.05, 4.69) is 40.2 Å². The molecule has 3 aromatic heterocycles. The van der Waals surface area contributed by atoms with Crippen molar-refractivity contribution in [2.24, 2.45) is 0 Å².